The first kappa shape index (κ1) is 16.3. The maximum Gasteiger partial charge on any atom is 0.262 e. The van der Waals surface area contributed by atoms with Gasteiger partial charge in [-0.05, 0) is 43.0 Å². The molecule has 1 aliphatic heterocycles. The van der Waals surface area contributed by atoms with Gasteiger partial charge in [0.1, 0.15) is 11.6 Å². The monoisotopic (exact) mass is 325 g/mol. The Morgan fingerprint density at radius 2 is 1.96 bits per heavy atom. The lowest BCUT2D eigenvalue weighted by Gasteiger charge is -2.31. The third kappa shape index (κ3) is 4.47. The van der Waals surface area contributed by atoms with E-state index in [1.54, 1.807) is 6.20 Å². The van der Waals surface area contributed by atoms with E-state index in [2.05, 4.69) is 22.1 Å². The molecule has 1 saturated heterocycles. The molecule has 0 spiro atoms. The summed E-state index contributed by atoms with van der Waals surface area (Å²) < 4.78 is 5.43. The number of amides is 1. The molecule has 1 aliphatic rings. The normalized spacial score (nSPS) is 15.1. The third-order valence-electron chi connectivity index (χ3n) is 4.25. The zero-order valence-corrected chi connectivity index (χ0v) is 13.9. The Kier molecular flexibility index (Phi) is 5.31. The summed E-state index contributed by atoms with van der Waals surface area (Å²) in [6, 6.07) is 13.1. The van der Waals surface area contributed by atoms with Crippen LogP contribution in [0.4, 0.5) is 11.5 Å². The number of pyridine rings is 1. The van der Waals surface area contributed by atoms with E-state index in [1.807, 2.05) is 42.5 Å². The van der Waals surface area contributed by atoms with Gasteiger partial charge in [-0.2, -0.15) is 0 Å². The molecule has 0 bridgehead atoms. The highest BCUT2D eigenvalue weighted by atomic mass is 16.5. The lowest BCUT2D eigenvalue weighted by molar-refractivity contribution is -0.118. The quantitative estimate of drug-likeness (QED) is 0.916. The molecule has 1 fully saturated rings. The van der Waals surface area contributed by atoms with Crippen LogP contribution in [0.15, 0.2) is 48.7 Å². The van der Waals surface area contributed by atoms with E-state index in [0.717, 1.165) is 24.8 Å². The molecular weight excluding hydrogens is 302 g/mol. The minimum atomic E-state index is -0.194. The number of ether oxygens (including phenoxy) is 1. The molecule has 0 radical (unpaired) electrons. The predicted molar refractivity (Wildman–Crippen MR) is 95.4 cm³/mol. The Bertz CT molecular complexity index is 650. The number of nitrogens with zero attached hydrogens (tertiary/aromatic N) is 2. The summed E-state index contributed by atoms with van der Waals surface area (Å²) in [6.07, 6.45) is 4.11. The number of anilines is 2. The Morgan fingerprint density at radius 1 is 1.21 bits per heavy atom. The van der Waals surface area contributed by atoms with E-state index >= 15 is 0 Å². The van der Waals surface area contributed by atoms with Crippen LogP contribution in [0.2, 0.25) is 0 Å². The van der Waals surface area contributed by atoms with E-state index in [-0.39, 0.29) is 12.5 Å². The maximum atomic E-state index is 11.9. The van der Waals surface area contributed by atoms with Crippen LogP contribution in [0.5, 0.6) is 5.75 Å². The van der Waals surface area contributed by atoms with E-state index in [1.165, 1.54) is 12.8 Å². The summed E-state index contributed by atoms with van der Waals surface area (Å²) in [6.45, 7) is 4.37. The standard InChI is InChI=1S/C19H23N3O2/c1-15-9-11-22(12-10-15)18-8-7-16(13-20-18)21-19(23)14-24-17-5-3-2-4-6-17/h2-8,13,15H,9-12,14H2,1H3,(H,21,23). The summed E-state index contributed by atoms with van der Waals surface area (Å²) in [7, 11) is 0. The molecule has 5 nitrogen and oxygen atoms in total. The Balaban J connectivity index is 1.49. The summed E-state index contributed by atoms with van der Waals surface area (Å²) >= 11 is 0. The van der Waals surface area contributed by atoms with Crippen molar-refractivity contribution in [3.05, 3.63) is 48.7 Å². The molecular formula is C19H23N3O2. The predicted octanol–water partition coefficient (Wildman–Crippen LogP) is 3.34. The van der Waals surface area contributed by atoms with Gasteiger partial charge in [0.25, 0.3) is 5.91 Å². The molecule has 24 heavy (non-hydrogen) atoms. The summed E-state index contributed by atoms with van der Waals surface area (Å²) in [4.78, 5) is 18.7. The van der Waals surface area contributed by atoms with Gasteiger partial charge in [0, 0.05) is 13.1 Å². The van der Waals surface area contributed by atoms with Crippen LogP contribution in [0.25, 0.3) is 0 Å². The van der Waals surface area contributed by atoms with E-state index in [9.17, 15) is 4.79 Å². The van der Waals surface area contributed by atoms with Crippen molar-refractivity contribution in [2.75, 3.05) is 29.9 Å². The number of carbonyl (C=O) groups excluding carboxylic acids is 1. The summed E-state index contributed by atoms with van der Waals surface area (Å²) in [5.74, 6) is 2.26. The van der Waals surface area contributed by atoms with Crippen LogP contribution in [0.3, 0.4) is 0 Å². The van der Waals surface area contributed by atoms with Gasteiger partial charge in [-0.1, -0.05) is 25.1 Å². The van der Waals surface area contributed by atoms with E-state index in [0.29, 0.717) is 11.4 Å². The van der Waals surface area contributed by atoms with Crippen molar-refractivity contribution in [2.24, 2.45) is 5.92 Å². The molecule has 2 aromatic rings. The SMILES string of the molecule is CC1CCN(c2ccc(NC(=O)COc3ccccc3)cn2)CC1. The van der Waals surface area contributed by atoms with Gasteiger partial charge < -0.3 is 15.0 Å². The first-order valence-corrected chi connectivity index (χ1v) is 8.39. The second kappa shape index (κ2) is 7.81. The van der Waals surface area contributed by atoms with E-state index in [4.69, 9.17) is 4.74 Å². The first-order valence-electron chi connectivity index (χ1n) is 8.39. The van der Waals surface area contributed by atoms with E-state index < -0.39 is 0 Å². The molecule has 1 aromatic carbocycles. The van der Waals surface area contributed by atoms with Crippen molar-refractivity contribution < 1.29 is 9.53 Å². The molecule has 3 rings (SSSR count). The molecule has 0 aliphatic carbocycles. The van der Waals surface area contributed by atoms with Crippen molar-refractivity contribution in [3.63, 3.8) is 0 Å². The number of nitrogens with one attached hydrogen (secondary N) is 1. The average Bonchev–Trinajstić information content (AvgIpc) is 2.62. The zero-order valence-electron chi connectivity index (χ0n) is 13.9. The van der Waals surface area contributed by atoms with Crippen LogP contribution in [-0.2, 0) is 4.79 Å². The number of aromatic nitrogens is 1. The molecule has 126 valence electrons. The Morgan fingerprint density at radius 3 is 2.62 bits per heavy atom. The van der Waals surface area contributed by atoms with Gasteiger partial charge in [0.2, 0.25) is 0 Å². The first-order chi connectivity index (χ1) is 11.7. The number of carbonyl (C=O) groups is 1. The minimum Gasteiger partial charge on any atom is -0.484 e. The van der Waals surface area contributed by atoms with Gasteiger partial charge in [-0.3, -0.25) is 4.79 Å². The summed E-state index contributed by atoms with van der Waals surface area (Å²) in [5, 5.41) is 2.80. The summed E-state index contributed by atoms with van der Waals surface area (Å²) in [5.41, 5.74) is 0.686. The lowest BCUT2D eigenvalue weighted by Crippen LogP contribution is -2.33. The number of hydrogen-bond donors (Lipinski definition) is 1. The Labute approximate surface area is 142 Å². The van der Waals surface area contributed by atoms with Crippen molar-refractivity contribution in [1.29, 1.82) is 0 Å². The maximum absolute atomic E-state index is 11.9. The Hall–Kier alpha value is -2.56. The second-order valence-corrected chi connectivity index (χ2v) is 6.22. The molecule has 5 heteroatoms. The largest absolute Gasteiger partial charge is 0.484 e. The number of hydrogen-bond acceptors (Lipinski definition) is 4. The van der Waals surface area contributed by atoms with Crippen LogP contribution >= 0.6 is 0 Å². The second-order valence-electron chi connectivity index (χ2n) is 6.22. The van der Waals surface area contributed by atoms with Gasteiger partial charge in [0.05, 0.1) is 11.9 Å². The van der Waals surface area contributed by atoms with Crippen LogP contribution in [-0.4, -0.2) is 30.6 Å². The average molecular weight is 325 g/mol. The van der Waals surface area contributed by atoms with Crippen LogP contribution < -0.4 is 15.0 Å². The molecule has 2 heterocycles. The molecule has 1 N–H and O–H groups in total. The highest BCUT2D eigenvalue weighted by molar-refractivity contribution is 5.91. The molecule has 1 amide bonds. The van der Waals surface area contributed by atoms with Gasteiger partial charge in [-0.25, -0.2) is 4.98 Å². The topological polar surface area (TPSA) is 54.5 Å². The number of piperidine rings is 1. The molecule has 0 unspecified atom stereocenters. The van der Waals surface area contributed by atoms with Gasteiger partial charge in [0.15, 0.2) is 6.61 Å². The number of benzene rings is 1. The molecule has 0 saturated carbocycles. The van der Waals surface area contributed by atoms with Crippen molar-refractivity contribution in [2.45, 2.75) is 19.8 Å². The van der Waals surface area contributed by atoms with Crippen molar-refractivity contribution >= 4 is 17.4 Å². The molecule has 1 aromatic heterocycles. The molecule has 0 atom stereocenters. The minimum absolute atomic E-state index is 0.0181. The van der Waals surface area contributed by atoms with Crippen molar-refractivity contribution in [1.82, 2.24) is 4.98 Å². The highest BCUT2D eigenvalue weighted by Crippen LogP contribution is 2.22. The van der Waals surface area contributed by atoms with Gasteiger partial charge in [-0.15, -0.1) is 0 Å². The number of rotatable bonds is 5. The van der Waals surface area contributed by atoms with Crippen LogP contribution in [0.1, 0.15) is 19.8 Å². The fraction of sp³-hybridized carbons (Fsp3) is 0.368. The van der Waals surface area contributed by atoms with Crippen LogP contribution in [0, 0.1) is 5.92 Å². The highest BCUT2D eigenvalue weighted by Gasteiger charge is 2.16. The lowest BCUT2D eigenvalue weighted by atomic mass is 9.99. The number of para-hydroxylation sites is 1. The fourth-order valence-electron chi connectivity index (χ4n) is 2.75. The fourth-order valence-corrected chi connectivity index (χ4v) is 2.75. The smallest absolute Gasteiger partial charge is 0.262 e. The third-order valence-corrected chi connectivity index (χ3v) is 4.25. The van der Waals surface area contributed by atoms with Gasteiger partial charge >= 0.3 is 0 Å². The van der Waals surface area contributed by atoms with Crippen molar-refractivity contribution in [3.8, 4) is 5.75 Å². The zero-order chi connectivity index (χ0) is 16.8.